The largest absolute Gasteiger partial charge is 0.390 e. The number of hydrogen-bond donors (Lipinski definition) is 3. The number of benzene rings is 1. The summed E-state index contributed by atoms with van der Waals surface area (Å²) in [5.41, 5.74) is 7.25. The van der Waals surface area contributed by atoms with Crippen molar-refractivity contribution in [3.05, 3.63) is 35.9 Å². The predicted molar refractivity (Wildman–Crippen MR) is 93.7 cm³/mol. The molecule has 0 aromatic heterocycles. The lowest BCUT2D eigenvalue weighted by Gasteiger charge is -2.29. The number of hydrazine groups is 1. The molecule has 5 N–H and O–H groups in total. The zero-order valence-electron chi connectivity index (χ0n) is 13.2. The first-order valence-corrected chi connectivity index (χ1v) is 8.12. The monoisotopic (exact) mass is 327 g/mol. The van der Waals surface area contributed by atoms with Gasteiger partial charge < -0.3 is 10.8 Å². The van der Waals surface area contributed by atoms with Gasteiger partial charge in [-0.2, -0.15) is 0 Å². The highest BCUT2D eigenvalue weighted by Crippen LogP contribution is 2.23. The van der Waals surface area contributed by atoms with Crippen LogP contribution in [-0.2, 0) is 6.42 Å². The number of rotatable bonds is 7. The minimum atomic E-state index is -0.584. The Labute approximate surface area is 140 Å². The second kappa shape index (κ2) is 10.2. The molecule has 1 saturated carbocycles. The average Bonchev–Trinajstić information content (AvgIpc) is 2.49. The van der Waals surface area contributed by atoms with Gasteiger partial charge in [0, 0.05) is 19.1 Å². The Morgan fingerprint density at radius 2 is 1.77 bits per heavy atom. The zero-order chi connectivity index (χ0) is 15.1. The third kappa shape index (κ3) is 6.63. The number of aliphatic hydroxyl groups is 1. The van der Waals surface area contributed by atoms with Gasteiger partial charge in [-0.05, 0) is 30.7 Å². The van der Waals surface area contributed by atoms with Gasteiger partial charge in [0.1, 0.15) is 0 Å². The molecule has 0 spiro atoms. The van der Waals surface area contributed by atoms with Gasteiger partial charge in [-0.3, -0.25) is 5.84 Å². The topological polar surface area (TPSA) is 75.5 Å². The average molecular weight is 328 g/mol. The van der Waals surface area contributed by atoms with Crippen molar-refractivity contribution in [3.63, 3.8) is 0 Å². The lowest BCUT2D eigenvalue weighted by molar-refractivity contribution is 0.0792. The molecule has 0 heterocycles. The first kappa shape index (κ1) is 19.4. The summed E-state index contributed by atoms with van der Waals surface area (Å²) in [6, 6.07) is 9.77. The van der Waals surface area contributed by atoms with E-state index in [4.69, 9.17) is 11.6 Å². The van der Waals surface area contributed by atoms with E-state index < -0.39 is 6.10 Å². The molecule has 2 atom stereocenters. The van der Waals surface area contributed by atoms with Gasteiger partial charge in [0.2, 0.25) is 0 Å². The zero-order valence-corrected chi connectivity index (χ0v) is 14.0. The molecule has 2 unspecified atom stereocenters. The Kier molecular flexibility index (Phi) is 8.98. The van der Waals surface area contributed by atoms with Crippen molar-refractivity contribution in [2.45, 2.75) is 50.7 Å². The smallest absolute Gasteiger partial charge is 0.0834 e. The lowest BCUT2D eigenvalue weighted by Crippen LogP contribution is -2.48. The quantitative estimate of drug-likeness (QED) is 0.529. The fourth-order valence-corrected chi connectivity index (χ4v) is 3.17. The summed E-state index contributed by atoms with van der Waals surface area (Å²) in [7, 11) is 0. The van der Waals surface area contributed by atoms with Crippen molar-refractivity contribution in [2.24, 2.45) is 17.5 Å². The van der Waals surface area contributed by atoms with Crippen LogP contribution in [-0.4, -0.2) is 35.4 Å². The maximum atomic E-state index is 10.2. The van der Waals surface area contributed by atoms with E-state index in [1.807, 2.05) is 30.3 Å². The van der Waals surface area contributed by atoms with Crippen LogP contribution in [0.25, 0.3) is 0 Å². The van der Waals surface area contributed by atoms with Crippen LogP contribution < -0.4 is 11.6 Å². The van der Waals surface area contributed by atoms with Crippen LogP contribution in [0.5, 0.6) is 0 Å². The van der Waals surface area contributed by atoms with Gasteiger partial charge in [0.05, 0.1) is 6.10 Å². The highest BCUT2D eigenvalue weighted by atomic mass is 35.5. The van der Waals surface area contributed by atoms with Crippen molar-refractivity contribution in [3.8, 4) is 0 Å². The van der Waals surface area contributed by atoms with Crippen LogP contribution in [0.1, 0.15) is 37.7 Å². The van der Waals surface area contributed by atoms with E-state index in [0.29, 0.717) is 18.9 Å². The molecule has 2 rings (SSSR count). The normalized spacial score (nSPS) is 18.7. The van der Waals surface area contributed by atoms with Crippen molar-refractivity contribution < 1.29 is 5.11 Å². The fraction of sp³-hybridized carbons (Fsp3) is 0.647. The standard InChI is InChI=1S/C17H29N3O.ClH/c18-16(11-14-7-3-1-4-8-14)17(21)13-20(19)12-15-9-5-2-6-10-15;/h1,3-4,7-8,15-17,21H,2,5-6,9-13,18-19H2;1H. The summed E-state index contributed by atoms with van der Waals surface area (Å²) >= 11 is 0. The molecule has 4 nitrogen and oxygen atoms in total. The Hall–Kier alpha value is -0.650. The molecule has 1 fully saturated rings. The molecule has 0 radical (unpaired) electrons. The molecular formula is C17H30ClN3O. The van der Waals surface area contributed by atoms with E-state index in [0.717, 1.165) is 12.1 Å². The van der Waals surface area contributed by atoms with Crippen LogP contribution in [0.15, 0.2) is 30.3 Å². The Bertz CT molecular complexity index is 398. The first-order valence-electron chi connectivity index (χ1n) is 8.12. The maximum absolute atomic E-state index is 10.2. The van der Waals surface area contributed by atoms with Gasteiger partial charge in [-0.15, -0.1) is 12.4 Å². The van der Waals surface area contributed by atoms with Crippen LogP contribution in [0.4, 0.5) is 0 Å². The lowest BCUT2D eigenvalue weighted by atomic mass is 9.89. The highest BCUT2D eigenvalue weighted by Gasteiger charge is 2.20. The summed E-state index contributed by atoms with van der Waals surface area (Å²) in [5, 5.41) is 12.0. The molecule has 0 saturated heterocycles. The number of halogens is 1. The van der Waals surface area contributed by atoms with E-state index in [2.05, 4.69) is 0 Å². The van der Waals surface area contributed by atoms with Crippen molar-refractivity contribution in [1.82, 2.24) is 5.01 Å². The van der Waals surface area contributed by atoms with Crippen LogP contribution in [0, 0.1) is 5.92 Å². The van der Waals surface area contributed by atoms with Crippen molar-refractivity contribution in [2.75, 3.05) is 13.1 Å². The van der Waals surface area contributed by atoms with Crippen molar-refractivity contribution >= 4 is 12.4 Å². The van der Waals surface area contributed by atoms with E-state index in [1.54, 1.807) is 5.01 Å². The molecule has 1 aromatic carbocycles. The SMILES string of the molecule is Cl.NC(Cc1ccccc1)C(O)CN(N)CC1CCCCC1. The van der Waals surface area contributed by atoms with Gasteiger partial charge in [-0.25, -0.2) is 5.01 Å². The van der Waals surface area contributed by atoms with E-state index >= 15 is 0 Å². The Balaban J connectivity index is 0.00000242. The molecule has 1 aliphatic carbocycles. The molecule has 0 amide bonds. The molecule has 22 heavy (non-hydrogen) atoms. The van der Waals surface area contributed by atoms with E-state index in [1.165, 1.54) is 32.1 Å². The number of nitrogens with zero attached hydrogens (tertiary/aromatic N) is 1. The predicted octanol–water partition coefficient (Wildman–Crippen LogP) is 2.10. The molecule has 0 aliphatic heterocycles. The van der Waals surface area contributed by atoms with Gasteiger partial charge in [0.15, 0.2) is 0 Å². The summed E-state index contributed by atoms with van der Waals surface area (Å²) in [4.78, 5) is 0. The van der Waals surface area contributed by atoms with Gasteiger partial charge in [-0.1, -0.05) is 49.6 Å². The molecule has 5 heteroatoms. The van der Waals surface area contributed by atoms with E-state index in [-0.39, 0.29) is 18.4 Å². The fourth-order valence-electron chi connectivity index (χ4n) is 3.17. The maximum Gasteiger partial charge on any atom is 0.0834 e. The number of aliphatic hydroxyl groups excluding tert-OH is 1. The highest BCUT2D eigenvalue weighted by molar-refractivity contribution is 5.85. The molecule has 0 bridgehead atoms. The summed E-state index contributed by atoms with van der Waals surface area (Å²) in [5.74, 6) is 6.74. The molecule has 1 aromatic rings. The minimum absolute atomic E-state index is 0. The second-order valence-electron chi connectivity index (χ2n) is 6.38. The number of hydrogen-bond acceptors (Lipinski definition) is 4. The minimum Gasteiger partial charge on any atom is -0.390 e. The first-order chi connectivity index (χ1) is 10.1. The molecular weight excluding hydrogens is 298 g/mol. The van der Waals surface area contributed by atoms with Gasteiger partial charge >= 0.3 is 0 Å². The summed E-state index contributed by atoms with van der Waals surface area (Å²) < 4.78 is 0. The van der Waals surface area contributed by atoms with Crippen LogP contribution in [0.3, 0.4) is 0 Å². The molecule has 126 valence electrons. The second-order valence-corrected chi connectivity index (χ2v) is 6.38. The van der Waals surface area contributed by atoms with Crippen LogP contribution in [0.2, 0.25) is 0 Å². The van der Waals surface area contributed by atoms with Gasteiger partial charge in [0.25, 0.3) is 0 Å². The Morgan fingerprint density at radius 1 is 1.14 bits per heavy atom. The van der Waals surface area contributed by atoms with E-state index in [9.17, 15) is 5.11 Å². The van der Waals surface area contributed by atoms with Crippen molar-refractivity contribution in [1.29, 1.82) is 0 Å². The third-order valence-electron chi connectivity index (χ3n) is 4.45. The third-order valence-corrected chi connectivity index (χ3v) is 4.45. The van der Waals surface area contributed by atoms with Crippen LogP contribution >= 0.6 is 12.4 Å². The Morgan fingerprint density at radius 3 is 2.41 bits per heavy atom. The summed E-state index contributed by atoms with van der Waals surface area (Å²) in [6.45, 7) is 1.32. The molecule has 1 aliphatic rings. The summed E-state index contributed by atoms with van der Waals surface area (Å²) in [6.07, 6.45) is 6.60. The number of nitrogens with two attached hydrogens (primary N) is 2.